The molecule has 2 aliphatic heterocycles. The fraction of sp³-hybridized carbons (Fsp3) is 0.846. The van der Waals surface area contributed by atoms with Crippen molar-refractivity contribution in [3.63, 3.8) is 0 Å². The van der Waals surface area contributed by atoms with E-state index < -0.39 is 0 Å². The highest BCUT2D eigenvalue weighted by Crippen LogP contribution is 2.09. The molecule has 1 N–H and O–H groups in total. The van der Waals surface area contributed by atoms with Gasteiger partial charge in [-0.25, -0.2) is 0 Å². The van der Waals surface area contributed by atoms with Crippen LogP contribution < -0.4 is 5.32 Å². The number of rotatable bonds is 5. The lowest BCUT2D eigenvalue weighted by Gasteiger charge is -2.29. The number of nitrogens with zero attached hydrogens (tertiary/aromatic N) is 3. The Bertz CT molecular complexity index is 329. The van der Waals surface area contributed by atoms with Gasteiger partial charge < -0.3 is 5.32 Å². The molecular weight excluding hydrogens is 244 g/mol. The second-order valence-corrected chi connectivity index (χ2v) is 5.37. The van der Waals surface area contributed by atoms with Gasteiger partial charge in [-0.05, 0) is 13.5 Å². The summed E-state index contributed by atoms with van der Waals surface area (Å²) in [5.74, 6) is -0.0641. The molecule has 0 aromatic carbocycles. The lowest BCUT2D eigenvalue weighted by atomic mass is 10.3. The summed E-state index contributed by atoms with van der Waals surface area (Å²) in [6, 6.07) is 0. The summed E-state index contributed by atoms with van der Waals surface area (Å²) in [6.45, 7) is 7.04. The van der Waals surface area contributed by atoms with E-state index >= 15 is 0 Å². The first kappa shape index (κ1) is 14.4. The second-order valence-electron chi connectivity index (χ2n) is 5.37. The molecule has 6 nitrogen and oxygen atoms in total. The predicted octanol–water partition coefficient (Wildman–Crippen LogP) is -1.03. The summed E-state index contributed by atoms with van der Waals surface area (Å²) in [5.41, 5.74) is 0. The summed E-state index contributed by atoms with van der Waals surface area (Å²) in [7, 11) is 1.95. The van der Waals surface area contributed by atoms with Gasteiger partial charge >= 0.3 is 0 Å². The van der Waals surface area contributed by atoms with Gasteiger partial charge in [0, 0.05) is 52.2 Å². The molecule has 0 atom stereocenters. The van der Waals surface area contributed by atoms with E-state index in [0.29, 0.717) is 19.5 Å². The molecule has 0 radical (unpaired) electrons. The van der Waals surface area contributed by atoms with Crippen LogP contribution >= 0.6 is 0 Å². The molecule has 0 unspecified atom stereocenters. The third kappa shape index (κ3) is 4.26. The topological polar surface area (TPSA) is 55.9 Å². The maximum absolute atomic E-state index is 12.0. The molecule has 108 valence electrons. The molecule has 0 bridgehead atoms. The van der Waals surface area contributed by atoms with Crippen LogP contribution in [0.4, 0.5) is 0 Å². The minimum absolute atomic E-state index is 0.0134. The standard InChI is InChI=1S/C13H24N4O2/c1-15(9-10-16-7-4-14-5-8-16)11-13(19)17-6-2-3-12(17)18/h14H,2-11H2,1H3. The van der Waals surface area contributed by atoms with Crippen LogP contribution in [0, 0.1) is 0 Å². The average molecular weight is 268 g/mol. The van der Waals surface area contributed by atoms with Crippen molar-refractivity contribution in [1.29, 1.82) is 0 Å². The molecule has 2 saturated heterocycles. The van der Waals surface area contributed by atoms with Crippen molar-refractivity contribution in [1.82, 2.24) is 20.0 Å². The summed E-state index contributed by atoms with van der Waals surface area (Å²) in [4.78, 5) is 29.2. The van der Waals surface area contributed by atoms with Crippen LogP contribution in [-0.4, -0.2) is 85.9 Å². The van der Waals surface area contributed by atoms with Gasteiger partial charge in [-0.15, -0.1) is 0 Å². The van der Waals surface area contributed by atoms with Crippen molar-refractivity contribution in [2.75, 3.05) is 59.4 Å². The average Bonchev–Trinajstić information content (AvgIpc) is 2.84. The fourth-order valence-corrected chi connectivity index (χ4v) is 2.55. The Hall–Kier alpha value is -0.980. The molecule has 0 aromatic heterocycles. The third-order valence-corrected chi connectivity index (χ3v) is 3.79. The van der Waals surface area contributed by atoms with Crippen molar-refractivity contribution >= 4 is 11.8 Å². The Morgan fingerprint density at radius 3 is 2.68 bits per heavy atom. The van der Waals surface area contributed by atoms with E-state index in [0.717, 1.165) is 45.7 Å². The SMILES string of the molecule is CN(CCN1CCNCC1)CC(=O)N1CCCC1=O. The van der Waals surface area contributed by atoms with Crippen molar-refractivity contribution in [3.05, 3.63) is 0 Å². The highest BCUT2D eigenvalue weighted by atomic mass is 16.2. The zero-order chi connectivity index (χ0) is 13.7. The van der Waals surface area contributed by atoms with E-state index in [-0.39, 0.29) is 11.8 Å². The van der Waals surface area contributed by atoms with Gasteiger partial charge in [-0.2, -0.15) is 0 Å². The first-order valence-electron chi connectivity index (χ1n) is 7.11. The minimum atomic E-state index is -0.0506. The Labute approximate surface area is 114 Å². The molecule has 2 amide bonds. The van der Waals surface area contributed by atoms with E-state index in [1.54, 1.807) is 0 Å². The lowest BCUT2D eigenvalue weighted by molar-refractivity contribution is -0.142. The molecule has 0 spiro atoms. The zero-order valence-corrected chi connectivity index (χ0v) is 11.7. The summed E-state index contributed by atoms with van der Waals surface area (Å²) in [6.07, 6.45) is 1.34. The number of carbonyl (C=O) groups is 2. The number of imide groups is 1. The van der Waals surface area contributed by atoms with Crippen LogP contribution in [0.1, 0.15) is 12.8 Å². The van der Waals surface area contributed by atoms with Crippen LogP contribution in [-0.2, 0) is 9.59 Å². The summed E-state index contributed by atoms with van der Waals surface area (Å²) < 4.78 is 0. The molecule has 2 heterocycles. The molecule has 0 saturated carbocycles. The quantitative estimate of drug-likeness (QED) is 0.691. The van der Waals surface area contributed by atoms with E-state index in [4.69, 9.17) is 0 Å². The Morgan fingerprint density at radius 1 is 1.32 bits per heavy atom. The molecule has 19 heavy (non-hydrogen) atoms. The van der Waals surface area contributed by atoms with Crippen LogP contribution in [0.15, 0.2) is 0 Å². The van der Waals surface area contributed by atoms with E-state index in [1.165, 1.54) is 4.90 Å². The van der Waals surface area contributed by atoms with Crippen molar-refractivity contribution in [3.8, 4) is 0 Å². The van der Waals surface area contributed by atoms with Gasteiger partial charge in [0.15, 0.2) is 0 Å². The first-order valence-corrected chi connectivity index (χ1v) is 7.11. The normalized spacial score (nSPS) is 21.4. The maximum atomic E-state index is 12.0. The highest BCUT2D eigenvalue weighted by molar-refractivity contribution is 5.97. The van der Waals surface area contributed by atoms with Crippen molar-refractivity contribution in [2.45, 2.75) is 12.8 Å². The highest BCUT2D eigenvalue weighted by Gasteiger charge is 2.26. The van der Waals surface area contributed by atoms with Gasteiger partial charge in [0.05, 0.1) is 6.54 Å². The van der Waals surface area contributed by atoms with Crippen molar-refractivity contribution < 1.29 is 9.59 Å². The number of likely N-dealkylation sites (N-methyl/N-ethyl adjacent to an activating group) is 1. The third-order valence-electron chi connectivity index (χ3n) is 3.79. The maximum Gasteiger partial charge on any atom is 0.243 e. The van der Waals surface area contributed by atoms with Gasteiger partial charge in [0.2, 0.25) is 11.8 Å². The lowest BCUT2D eigenvalue weighted by Crippen LogP contribution is -2.47. The Kier molecular flexibility index (Phi) is 5.30. The van der Waals surface area contributed by atoms with Gasteiger partial charge in [0.1, 0.15) is 0 Å². The Balaban J connectivity index is 1.67. The number of nitrogens with one attached hydrogen (secondary N) is 1. The number of carbonyl (C=O) groups excluding carboxylic acids is 2. The Morgan fingerprint density at radius 2 is 2.05 bits per heavy atom. The summed E-state index contributed by atoms with van der Waals surface area (Å²) >= 11 is 0. The molecule has 2 aliphatic rings. The molecule has 0 aromatic rings. The zero-order valence-electron chi connectivity index (χ0n) is 11.7. The van der Waals surface area contributed by atoms with E-state index in [1.807, 2.05) is 11.9 Å². The summed E-state index contributed by atoms with van der Waals surface area (Å²) in [5, 5.41) is 3.32. The van der Waals surface area contributed by atoms with Crippen molar-refractivity contribution in [2.24, 2.45) is 0 Å². The van der Waals surface area contributed by atoms with Crippen LogP contribution in [0.2, 0.25) is 0 Å². The number of hydrogen-bond donors (Lipinski definition) is 1. The minimum Gasteiger partial charge on any atom is -0.314 e. The number of amides is 2. The number of hydrogen-bond acceptors (Lipinski definition) is 5. The molecule has 2 rings (SSSR count). The molecule has 2 fully saturated rings. The monoisotopic (exact) mass is 268 g/mol. The molecule has 6 heteroatoms. The number of likely N-dealkylation sites (tertiary alicyclic amines) is 1. The van der Waals surface area contributed by atoms with Gasteiger partial charge in [0.25, 0.3) is 0 Å². The van der Waals surface area contributed by atoms with Crippen LogP contribution in [0.3, 0.4) is 0 Å². The van der Waals surface area contributed by atoms with E-state index in [2.05, 4.69) is 10.2 Å². The number of piperazine rings is 1. The first-order chi connectivity index (χ1) is 9.16. The second kappa shape index (κ2) is 6.98. The molecular formula is C13H24N4O2. The van der Waals surface area contributed by atoms with Gasteiger partial charge in [-0.1, -0.05) is 0 Å². The smallest absolute Gasteiger partial charge is 0.243 e. The van der Waals surface area contributed by atoms with E-state index in [9.17, 15) is 9.59 Å². The van der Waals surface area contributed by atoms with Crippen LogP contribution in [0.5, 0.6) is 0 Å². The van der Waals surface area contributed by atoms with Gasteiger partial charge in [-0.3, -0.25) is 24.3 Å². The fourth-order valence-electron chi connectivity index (χ4n) is 2.55. The van der Waals surface area contributed by atoms with Crippen LogP contribution in [0.25, 0.3) is 0 Å². The predicted molar refractivity (Wildman–Crippen MR) is 72.8 cm³/mol. The largest absolute Gasteiger partial charge is 0.314 e. The molecule has 0 aliphatic carbocycles.